The average Bonchev–Trinajstić information content (AvgIpc) is 3.12. The fraction of sp³-hybridized carbons (Fsp3) is 0.227. The first-order chi connectivity index (χ1) is 15.6. The molecular weight excluding hydrogens is 461 g/mol. The Balaban J connectivity index is 1.92. The zero-order chi connectivity index (χ0) is 23.9. The molecule has 2 aromatic carbocycles. The zero-order valence-electron chi connectivity index (χ0n) is 17.6. The van der Waals surface area contributed by atoms with Crippen LogP contribution in [0.3, 0.4) is 0 Å². The molecule has 33 heavy (non-hydrogen) atoms. The van der Waals surface area contributed by atoms with Gasteiger partial charge in [0.15, 0.2) is 11.2 Å². The molecule has 0 bridgehead atoms. The average molecular weight is 479 g/mol. The molecule has 0 aliphatic rings. The van der Waals surface area contributed by atoms with Gasteiger partial charge >= 0.3 is 17.9 Å². The lowest BCUT2D eigenvalue weighted by atomic mass is 10.2. The molecule has 0 fully saturated rings. The number of nitrogens with zero attached hydrogens (tertiary/aromatic N) is 4. The summed E-state index contributed by atoms with van der Waals surface area (Å²) in [5.74, 6) is -0.113. The number of imidazole rings is 1. The number of ether oxygens (including phenoxy) is 1. The molecule has 0 saturated carbocycles. The molecule has 0 amide bonds. The Hall–Kier alpha value is -3.53. The molecule has 0 N–H and O–H groups in total. The van der Waals surface area contributed by atoms with E-state index in [1.165, 1.54) is 28.3 Å². The van der Waals surface area contributed by atoms with Crippen LogP contribution in [0.4, 0.5) is 13.2 Å². The molecule has 0 unspecified atom stereocenters. The Kier molecular flexibility index (Phi) is 5.79. The summed E-state index contributed by atoms with van der Waals surface area (Å²) in [6, 6.07) is 11.0. The highest BCUT2D eigenvalue weighted by atomic mass is 35.5. The third-order valence-corrected chi connectivity index (χ3v) is 5.39. The van der Waals surface area contributed by atoms with Crippen molar-refractivity contribution < 1.29 is 17.9 Å². The maximum atomic E-state index is 13.1. The molecule has 0 aliphatic heterocycles. The molecule has 0 radical (unpaired) electrons. The highest BCUT2D eigenvalue weighted by molar-refractivity contribution is 6.30. The monoisotopic (exact) mass is 478 g/mol. The lowest BCUT2D eigenvalue weighted by molar-refractivity contribution is -0.137. The predicted octanol–water partition coefficient (Wildman–Crippen LogP) is 4.43. The van der Waals surface area contributed by atoms with Crippen molar-refractivity contribution in [3.8, 4) is 11.8 Å². The van der Waals surface area contributed by atoms with Crippen LogP contribution in [0.2, 0.25) is 5.02 Å². The molecule has 2 aromatic heterocycles. The summed E-state index contributed by atoms with van der Waals surface area (Å²) >= 11 is 5.95. The quantitative estimate of drug-likeness (QED) is 0.425. The van der Waals surface area contributed by atoms with Crippen LogP contribution >= 0.6 is 11.6 Å². The second-order valence-corrected chi connectivity index (χ2v) is 7.73. The molecule has 0 saturated heterocycles. The Bertz CT molecular complexity index is 1450. The van der Waals surface area contributed by atoms with Crippen LogP contribution in [0, 0.1) is 0 Å². The number of hydrogen-bond donors (Lipinski definition) is 0. The molecule has 172 valence electrons. The Labute approximate surface area is 190 Å². The van der Waals surface area contributed by atoms with Crippen molar-refractivity contribution in [1.29, 1.82) is 0 Å². The molecule has 2 heterocycles. The van der Waals surface area contributed by atoms with Crippen LogP contribution in [-0.4, -0.2) is 18.7 Å². The van der Waals surface area contributed by atoms with Gasteiger partial charge in [0.2, 0.25) is 0 Å². The highest BCUT2D eigenvalue weighted by Crippen LogP contribution is 2.33. The van der Waals surface area contributed by atoms with Gasteiger partial charge < -0.3 is 4.74 Å². The summed E-state index contributed by atoms with van der Waals surface area (Å²) in [5, 5.41) is 0.519. The standard InChI is InChI=1S/C22H18ClF3N4O3/c1-3-29-19(31)17-18(28(2)21(29)32)27-20(30(17)12-13-7-9-15(23)10-8-13)33-16-6-4-5-14(11-16)22(24,25)26/h4-11H,3,12H2,1-2H3. The van der Waals surface area contributed by atoms with Crippen LogP contribution in [0.1, 0.15) is 18.1 Å². The molecule has 11 heteroatoms. The van der Waals surface area contributed by atoms with E-state index in [0.717, 1.165) is 22.3 Å². The van der Waals surface area contributed by atoms with Crippen molar-refractivity contribution in [2.24, 2.45) is 7.05 Å². The van der Waals surface area contributed by atoms with Gasteiger partial charge in [0, 0.05) is 18.6 Å². The van der Waals surface area contributed by atoms with Gasteiger partial charge in [-0.3, -0.25) is 18.5 Å². The van der Waals surface area contributed by atoms with Crippen LogP contribution in [-0.2, 0) is 26.3 Å². The molecule has 0 atom stereocenters. The van der Waals surface area contributed by atoms with Crippen LogP contribution < -0.4 is 16.0 Å². The van der Waals surface area contributed by atoms with E-state index in [-0.39, 0.29) is 36.0 Å². The number of aromatic nitrogens is 4. The van der Waals surface area contributed by atoms with E-state index >= 15 is 0 Å². The van der Waals surface area contributed by atoms with Crippen LogP contribution in [0.15, 0.2) is 58.1 Å². The number of aryl methyl sites for hydroxylation is 1. The molecule has 4 rings (SSSR count). The minimum atomic E-state index is -4.55. The van der Waals surface area contributed by atoms with Gasteiger partial charge in [-0.25, -0.2) is 4.79 Å². The van der Waals surface area contributed by atoms with E-state index in [9.17, 15) is 22.8 Å². The lowest BCUT2D eigenvalue weighted by Crippen LogP contribution is -2.39. The largest absolute Gasteiger partial charge is 0.425 e. The number of fused-ring (bicyclic) bond motifs is 1. The van der Waals surface area contributed by atoms with Crippen molar-refractivity contribution in [2.45, 2.75) is 26.2 Å². The van der Waals surface area contributed by atoms with Gasteiger partial charge in [0.05, 0.1) is 12.1 Å². The van der Waals surface area contributed by atoms with Crippen molar-refractivity contribution in [1.82, 2.24) is 18.7 Å². The maximum Gasteiger partial charge on any atom is 0.416 e. The number of benzene rings is 2. The Morgan fingerprint density at radius 2 is 1.76 bits per heavy atom. The summed E-state index contributed by atoms with van der Waals surface area (Å²) in [7, 11) is 1.46. The third-order valence-electron chi connectivity index (χ3n) is 5.14. The summed E-state index contributed by atoms with van der Waals surface area (Å²) in [6.07, 6.45) is -4.55. The zero-order valence-corrected chi connectivity index (χ0v) is 18.3. The lowest BCUT2D eigenvalue weighted by Gasteiger charge is -2.12. The van der Waals surface area contributed by atoms with E-state index in [2.05, 4.69) is 4.98 Å². The van der Waals surface area contributed by atoms with E-state index in [0.29, 0.717) is 5.02 Å². The molecular formula is C22H18ClF3N4O3. The topological polar surface area (TPSA) is 71.1 Å². The fourth-order valence-electron chi connectivity index (χ4n) is 3.47. The molecule has 0 spiro atoms. The number of halogens is 4. The Morgan fingerprint density at radius 1 is 1.06 bits per heavy atom. The van der Waals surface area contributed by atoms with Gasteiger partial charge in [-0.05, 0) is 42.8 Å². The van der Waals surface area contributed by atoms with Crippen molar-refractivity contribution >= 4 is 22.8 Å². The number of hydrogen-bond acceptors (Lipinski definition) is 4. The smallest absolute Gasteiger partial charge is 0.416 e. The van der Waals surface area contributed by atoms with Gasteiger partial charge in [-0.1, -0.05) is 29.8 Å². The van der Waals surface area contributed by atoms with E-state index < -0.39 is 23.0 Å². The molecule has 4 aromatic rings. The fourth-order valence-corrected chi connectivity index (χ4v) is 3.59. The summed E-state index contributed by atoms with van der Waals surface area (Å²) in [6.45, 7) is 1.91. The Morgan fingerprint density at radius 3 is 2.39 bits per heavy atom. The van der Waals surface area contributed by atoms with Crippen molar-refractivity contribution in [2.75, 3.05) is 0 Å². The van der Waals surface area contributed by atoms with E-state index in [1.54, 1.807) is 31.2 Å². The van der Waals surface area contributed by atoms with E-state index in [1.807, 2.05) is 0 Å². The van der Waals surface area contributed by atoms with Crippen molar-refractivity contribution in [3.63, 3.8) is 0 Å². The minimum Gasteiger partial charge on any atom is -0.425 e. The van der Waals surface area contributed by atoms with Gasteiger partial charge in [0.1, 0.15) is 5.75 Å². The molecule has 7 nitrogen and oxygen atoms in total. The summed E-state index contributed by atoms with van der Waals surface area (Å²) in [5.41, 5.74) is -1.13. The van der Waals surface area contributed by atoms with E-state index in [4.69, 9.17) is 16.3 Å². The highest BCUT2D eigenvalue weighted by Gasteiger charge is 2.31. The summed E-state index contributed by atoms with van der Waals surface area (Å²) in [4.78, 5) is 30.0. The maximum absolute atomic E-state index is 13.1. The first kappa shape index (κ1) is 22.7. The second kappa shape index (κ2) is 8.43. The van der Waals surface area contributed by atoms with Crippen LogP contribution in [0.5, 0.6) is 11.8 Å². The second-order valence-electron chi connectivity index (χ2n) is 7.30. The number of rotatable bonds is 5. The normalized spacial score (nSPS) is 11.8. The van der Waals surface area contributed by atoms with Gasteiger partial charge in [-0.15, -0.1) is 0 Å². The first-order valence-electron chi connectivity index (χ1n) is 9.89. The van der Waals surface area contributed by atoms with Gasteiger partial charge in [0.25, 0.3) is 5.56 Å². The third kappa shape index (κ3) is 4.25. The van der Waals surface area contributed by atoms with Gasteiger partial charge in [-0.2, -0.15) is 18.2 Å². The number of alkyl halides is 3. The van der Waals surface area contributed by atoms with Crippen molar-refractivity contribution in [3.05, 3.63) is 85.5 Å². The minimum absolute atomic E-state index is 0.0608. The first-order valence-corrected chi connectivity index (χ1v) is 10.3. The molecule has 0 aliphatic carbocycles. The SMILES string of the molecule is CCn1c(=O)c2c(nc(Oc3cccc(C(F)(F)F)c3)n2Cc2ccc(Cl)cc2)n(C)c1=O. The predicted molar refractivity (Wildman–Crippen MR) is 117 cm³/mol. The van der Waals surface area contributed by atoms with Crippen LogP contribution in [0.25, 0.3) is 11.2 Å². The summed E-state index contributed by atoms with van der Waals surface area (Å²) < 4.78 is 48.8.